The Morgan fingerprint density at radius 1 is 1.03 bits per heavy atom. The van der Waals surface area contributed by atoms with Gasteiger partial charge < -0.3 is 15.0 Å². The number of ether oxygens (including phenoxy) is 1. The molecule has 1 saturated heterocycles. The van der Waals surface area contributed by atoms with E-state index in [0.29, 0.717) is 30.2 Å². The first-order valence-corrected chi connectivity index (χ1v) is 11.4. The Labute approximate surface area is 190 Å². The number of carbonyl (C=O) groups is 2. The fourth-order valence-electron chi connectivity index (χ4n) is 3.45. The summed E-state index contributed by atoms with van der Waals surface area (Å²) in [7, 11) is 0. The van der Waals surface area contributed by atoms with Crippen LogP contribution in [-0.4, -0.2) is 35.6 Å². The predicted octanol–water partition coefficient (Wildman–Crippen LogP) is 4.41. The SMILES string of the molecule is O=C(NCCOc1ccc(F)cc1)c1ccc(C2SCC(=O)N2Cc2ccccc2)cc1. The van der Waals surface area contributed by atoms with Gasteiger partial charge in [-0.15, -0.1) is 11.8 Å². The highest BCUT2D eigenvalue weighted by Crippen LogP contribution is 2.39. The molecule has 32 heavy (non-hydrogen) atoms. The maximum absolute atomic E-state index is 12.9. The average molecular weight is 451 g/mol. The molecule has 0 saturated carbocycles. The summed E-state index contributed by atoms with van der Waals surface area (Å²) in [5.74, 6) is 0.599. The highest BCUT2D eigenvalue weighted by atomic mass is 32.2. The van der Waals surface area contributed by atoms with Gasteiger partial charge in [-0.25, -0.2) is 4.39 Å². The zero-order valence-corrected chi connectivity index (χ0v) is 18.2. The molecule has 3 aromatic rings. The van der Waals surface area contributed by atoms with Crippen molar-refractivity contribution in [1.82, 2.24) is 10.2 Å². The van der Waals surface area contributed by atoms with Crippen LogP contribution in [0.5, 0.6) is 5.75 Å². The minimum absolute atomic E-state index is 0.0658. The number of benzene rings is 3. The van der Waals surface area contributed by atoms with Gasteiger partial charge in [-0.3, -0.25) is 9.59 Å². The fraction of sp³-hybridized carbons (Fsp3) is 0.200. The lowest BCUT2D eigenvalue weighted by atomic mass is 10.1. The fourth-order valence-corrected chi connectivity index (χ4v) is 4.63. The van der Waals surface area contributed by atoms with Crippen molar-refractivity contribution in [3.8, 4) is 5.75 Å². The first-order valence-electron chi connectivity index (χ1n) is 10.3. The number of carbonyl (C=O) groups excluding carboxylic acids is 2. The first-order chi connectivity index (χ1) is 15.6. The third kappa shape index (κ3) is 5.48. The molecule has 1 aliphatic rings. The number of rotatable bonds is 8. The third-order valence-corrected chi connectivity index (χ3v) is 6.35. The van der Waals surface area contributed by atoms with E-state index >= 15 is 0 Å². The van der Waals surface area contributed by atoms with E-state index in [-0.39, 0.29) is 29.6 Å². The lowest BCUT2D eigenvalue weighted by molar-refractivity contribution is -0.128. The van der Waals surface area contributed by atoms with Gasteiger partial charge in [0.2, 0.25) is 5.91 Å². The summed E-state index contributed by atoms with van der Waals surface area (Å²) in [6.07, 6.45) is 0. The van der Waals surface area contributed by atoms with Crippen molar-refractivity contribution >= 4 is 23.6 Å². The molecule has 2 amide bonds. The molecular weight excluding hydrogens is 427 g/mol. The molecule has 0 aliphatic carbocycles. The molecule has 4 rings (SSSR count). The van der Waals surface area contributed by atoms with Crippen LogP contribution in [0.25, 0.3) is 0 Å². The molecule has 0 bridgehead atoms. The molecule has 1 unspecified atom stereocenters. The monoisotopic (exact) mass is 450 g/mol. The second kappa shape index (κ2) is 10.3. The van der Waals surface area contributed by atoms with E-state index in [9.17, 15) is 14.0 Å². The molecule has 1 fully saturated rings. The third-order valence-electron chi connectivity index (χ3n) is 5.09. The van der Waals surface area contributed by atoms with Crippen molar-refractivity contribution in [2.75, 3.05) is 18.9 Å². The smallest absolute Gasteiger partial charge is 0.251 e. The van der Waals surface area contributed by atoms with Crippen molar-refractivity contribution in [3.63, 3.8) is 0 Å². The molecule has 3 aromatic carbocycles. The highest BCUT2D eigenvalue weighted by Gasteiger charge is 2.32. The van der Waals surface area contributed by atoms with Crippen molar-refractivity contribution in [3.05, 3.63) is 101 Å². The Bertz CT molecular complexity index is 1060. The lowest BCUT2D eigenvalue weighted by Crippen LogP contribution is -2.28. The quantitative estimate of drug-likeness (QED) is 0.517. The number of hydrogen-bond acceptors (Lipinski definition) is 4. The highest BCUT2D eigenvalue weighted by molar-refractivity contribution is 8.00. The van der Waals surface area contributed by atoms with Crippen molar-refractivity contribution in [2.45, 2.75) is 11.9 Å². The van der Waals surface area contributed by atoms with Crippen LogP contribution < -0.4 is 10.1 Å². The topological polar surface area (TPSA) is 58.6 Å². The Kier molecular flexibility index (Phi) is 7.07. The number of amides is 2. The molecule has 1 heterocycles. The predicted molar refractivity (Wildman–Crippen MR) is 123 cm³/mol. The van der Waals surface area contributed by atoms with Crippen LogP contribution in [0.3, 0.4) is 0 Å². The number of halogens is 1. The van der Waals surface area contributed by atoms with Gasteiger partial charge in [0.15, 0.2) is 0 Å². The number of thioether (sulfide) groups is 1. The van der Waals surface area contributed by atoms with Gasteiger partial charge >= 0.3 is 0 Å². The van der Waals surface area contributed by atoms with Crippen LogP contribution >= 0.6 is 11.8 Å². The molecule has 0 spiro atoms. The van der Waals surface area contributed by atoms with Crippen LogP contribution in [0.15, 0.2) is 78.9 Å². The number of nitrogens with one attached hydrogen (secondary N) is 1. The van der Waals surface area contributed by atoms with Crippen molar-refractivity contribution in [2.24, 2.45) is 0 Å². The van der Waals surface area contributed by atoms with Gasteiger partial charge in [0.25, 0.3) is 5.91 Å². The van der Waals surface area contributed by atoms with E-state index in [4.69, 9.17) is 4.74 Å². The second-order valence-corrected chi connectivity index (χ2v) is 8.42. The van der Waals surface area contributed by atoms with E-state index in [0.717, 1.165) is 11.1 Å². The summed E-state index contributed by atoms with van der Waals surface area (Å²) in [5, 5.41) is 2.74. The van der Waals surface area contributed by atoms with Crippen LogP contribution in [0.1, 0.15) is 26.9 Å². The van der Waals surface area contributed by atoms with E-state index in [2.05, 4.69) is 5.32 Å². The van der Waals surface area contributed by atoms with Gasteiger partial charge in [-0.1, -0.05) is 42.5 Å². The first kappa shape index (κ1) is 21.9. The van der Waals surface area contributed by atoms with Crippen LogP contribution in [-0.2, 0) is 11.3 Å². The molecule has 1 aliphatic heterocycles. The summed E-state index contributed by atoms with van der Waals surface area (Å²) in [4.78, 5) is 26.7. The van der Waals surface area contributed by atoms with E-state index in [1.54, 1.807) is 36.0 Å². The van der Waals surface area contributed by atoms with Crippen molar-refractivity contribution < 1.29 is 18.7 Å². The molecular formula is C25H23FN2O3S. The summed E-state index contributed by atoms with van der Waals surface area (Å²) < 4.78 is 18.4. The van der Waals surface area contributed by atoms with Crippen molar-refractivity contribution in [1.29, 1.82) is 0 Å². The van der Waals surface area contributed by atoms with Crippen LogP contribution in [0.4, 0.5) is 4.39 Å². The Hall–Kier alpha value is -3.32. The van der Waals surface area contributed by atoms with Gasteiger partial charge in [-0.2, -0.15) is 0 Å². The number of hydrogen-bond donors (Lipinski definition) is 1. The van der Waals surface area contributed by atoms with Gasteiger partial charge in [-0.05, 0) is 47.5 Å². The lowest BCUT2D eigenvalue weighted by Gasteiger charge is -2.24. The Morgan fingerprint density at radius 2 is 1.75 bits per heavy atom. The minimum atomic E-state index is -0.322. The zero-order valence-electron chi connectivity index (χ0n) is 17.4. The van der Waals surface area contributed by atoms with E-state index in [1.165, 1.54) is 12.1 Å². The average Bonchev–Trinajstić information content (AvgIpc) is 3.18. The molecule has 164 valence electrons. The minimum Gasteiger partial charge on any atom is -0.492 e. The summed E-state index contributed by atoms with van der Waals surface area (Å²) in [6, 6.07) is 23.0. The largest absolute Gasteiger partial charge is 0.492 e. The summed E-state index contributed by atoms with van der Waals surface area (Å²) in [6.45, 7) is 1.17. The van der Waals surface area contributed by atoms with Crippen LogP contribution in [0.2, 0.25) is 0 Å². The molecule has 7 heteroatoms. The molecule has 1 N–H and O–H groups in total. The van der Waals surface area contributed by atoms with Gasteiger partial charge in [0.05, 0.1) is 12.3 Å². The number of nitrogens with zero attached hydrogens (tertiary/aromatic N) is 1. The standard InChI is InChI=1S/C25H23FN2O3S/c26-21-10-12-22(13-11-21)31-15-14-27-24(30)19-6-8-20(9-7-19)25-28(23(29)17-32-25)16-18-4-2-1-3-5-18/h1-13,25H,14-17H2,(H,27,30). The maximum atomic E-state index is 12.9. The van der Waals surface area contributed by atoms with Crippen LogP contribution in [0, 0.1) is 5.82 Å². The Balaban J connectivity index is 1.31. The molecule has 5 nitrogen and oxygen atoms in total. The van der Waals surface area contributed by atoms with Gasteiger partial charge in [0, 0.05) is 12.1 Å². The summed E-state index contributed by atoms with van der Waals surface area (Å²) in [5.41, 5.74) is 2.62. The maximum Gasteiger partial charge on any atom is 0.251 e. The van der Waals surface area contributed by atoms with Gasteiger partial charge in [0.1, 0.15) is 23.5 Å². The van der Waals surface area contributed by atoms with E-state index < -0.39 is 0 Å². The zero-order chi connectivity index (χ0) is 22.3. The molecule has 1 atom stereocenters. The Morgan fingerprint density at radius 3 is 2.47 bits per heavy atom. The van der Waals surface area contributed by atoms with E-state index in [1.807, 2.05) is 47.4 Å². The molecule has 0 aromatic heterocycles. The second-order valence-electron chi connectivity index (χ2n) is 7.35. The molecule has 0 radical (unpaired) electrons. The normalized spacial score (nSPS) is 15.6. The summed E-state index contributed by atoms with van der Waals surface area (Å²) >= 11 is 1.60.